The zero-order chi connectivity index (χ0) is 16.1. The van der Waals surface area contributed by atoms with Gasteiger partial charge >= 0.3 is 0 Å². The molecule has 6 nitrogen and oxygen atoms in total. The molecule has 1 amide bonds. The number of hydrogen-bond acceptors (Lipinski definition) is 5. The number of benzene rings is 1. The van der Waals surface area contributed by atoms with Crippen molar-refractivity contribution >= 4 is 25.6 Å². The molecule has 21 heavy (non-hydrogen) atoms. The van der Waals surface area contributed by atoms with E-state index in [0.717, 1.165) is 11.8 Å². The van der Waals surface area contributed by atoms with Crippen molar-refractivity contribution in [3.05, 3.63) is 29.8 Å². The van der Waals surface area contributed by atoms with E-state index in [9.17, 15) is 21.6 Å². The van der Waals surface area contributed by atoms with Crippen molar-refractivity contribution in [1.82, 2.24) is 5.32 Å². The summed E-state index contributed by atoms with van der Waals surface area (Å²) in [5, 5.41) is 2.39. The topological polar surface area (TPSA) is 97.4 Å². The first-order valence-electron chi connectivity index (χ1n) is 6.34. The minimum absolute atomic E-state index is 0.0117. The molecule has 0 aliphatic heterocycles. The standard InChI is InChI=1S/C13H19NO5S2/c1-11-3-5-12(6-4-11)21(18,19)9-7-13(15)14-8-10-20(2,16)17/h3-6H,7-10H2,1-2H3,(H,14,15). The van der Waals surface area contributed by atoms with Crippen LogP contribution >= 0.6 is 0 Å². The Labute approximate surface area is 125 Å². The highest BCUT2D eigenvalue weighted by Gasteiger charge is 2.16. The maximum atomic E-state index is 12.0. The van der Waals surface area contributed by atoms with Crippen LogP contribution < -0.4 is 5.32 Å². The normalized spacial score (nSPS) is 12.1. The smallest absolute Gasteiger partial charge is 0.221 e. The van der Waals surface area contributed by atoms with Crippen LogP contribution in [0, 0.1) is 6.92 Å². The lowest BCUT2D eigenvalue weighted by atomic mass is 10.2. The fraction of sp³-hybridized carbons (Fsp3) is 0.462. The number of amides is 1. The van der Waals surface area contributed by atoms with Crippen molar-refractivity contribution < 1.29 is 21.6 Å². The third kappa shape index (κ3) is 6.72. The van der Waals surface area contributed by atoms with E-state index in [1.54, 1.807) is 12.1 Å². The van der Waals surface area contributed by atoms with E-state index in [1.807, 2.05) is 6.92 Å². The summed E-state index contributed by atoms with van der Waals surface area (Å²) < 4.78 is 45.8. The molecule has 0 saturated heterocycles. The zero-order valence-electron chi connectivity index (χ0n) is 12.0. The molecule has 0 saturated carbocycles. The summed E-state index contributed by atoms with van der Waals surface area (Å²) >= 11 is 0. The van der Waals surface area contributed by atoms with Crippen LogP contribution in [0.2, 0.25) is 0 Å². The summed E-state index contributed by atoms with van der Waals surface area (Å²) in [6.45, 7) is 1.84. The molecule has 1 rings (SSSR count). The largest absolute Gasteiger partial charge is 0.355 e. The van der Waals surface area contributed by atoms with Gasteiger partial charge in [-0.3, -0.25) is 4.79 Å². The number of nitrogens with one attached hydrogen (secondary N) is 1. The molecule has 0 unspecified atom stereocenters. The number of sulfone groups is 2. The molecule has 8 heteroatoms. The van der Waals surface area contributed by atoms with Gasteiger partial charge in [0.2, 0.25) is 5.91 Å². The predicted molar refractivity (Wildman–Crippen MR) is 80.6 cm³/mol. The second-order valence-corrected chi connectivity index (χ2v) is 9.23. The molecule has 0 spiro atoms. The molecule has 0 radical (unpaired) electrons. The Morgan fingerprint density at radius 3 is 2.14 bits per heavy atom. The summed E-state index contributed by atoms with van der Waals surface area (Å²) in [5.41, 5.74) is 0.951. The number of hydrogen-bond donors (Lipinski definition) is 1. The van der Waals surface area contributed by atoms with Gasteiger partial charge in [-0.15, -0.1) is 0 Å². The average Bonchev–Trinajstić information content (AvgIpc) is 2.35. The molecule has 0 fully saturated rings. The Kier molecular flexibility index (Phi) is 5.91. The van der Waals surface area contributed by atoms with Crippen LogP contribution in [0.1, 0.15) is 12.0 Å². The lowest BCUT2D eigenvalue weighted by Crippen LogP contribution is -2.30. The first-order valence-corrected chi connectivity index (χ1v) is 10.1. The molecule has 0 bridgehead atoms. The van der Waals surface area contributed by atoms with Gasteiger partial charge in [-0.2, -0.15) is 0 Å². The molecular weight excluding hydrogens is 314 g/mol. The van der Waals surface area contributed by atoms with Crippen molar-refractivity contribution in [2.24, 2.45) is 0 Å². The van der Waals surface area contributed by atoms with E-state index in [-0.39, 0.29) is 29.4 Å². The van der Waals surface area contributed by atoms with Gasteiger partial charge in [-0.05, 0) is 19.1 Å². The van der Waals surface area contributed by atoms with Crippen molar-refractivity contribution in [2.75, 3.05) is 24.3 Å². The summed E-state index contributed by atoms with van der Waals surface area (Å²) in [7, 11) is -6.65. The average molecular weight is 333 g/mol. The molecular formula is C13H19NO5S2. The van der Waals surface area contributed by atoms with Gasteiger partial charge in [0.1, 0.15) is 9.84 Å². The Bertz CT molecular complexity index is 691. The molecule has 1 aromatic rings. The lowest BCUT2D eigenvalue weighted by Gasteiger charge is -2.06. The zero-order valence-corrected chi connectivity index (χ0v) is 13.6. The van der Waals surface area contributed by atoms with Crippen molar-refractivity contribution in [3.8, 4) is 0 Å². The van der Waals surface area contributed by atoms with E-state index in [0.29, 0.717) is 0 Å². The van der Waals surface area contributed by atoms with Crippen molar-refractivity contribution in [3.63, 3.8) is 0 Å². The van der Waals surface area contributed by atoms with Gasteiger partial charge in [0, 0.05) is 19.2 Å². The monoisotopic (exact) mass is 333 g/mol. The maximum absolute atomic E-state index is 12.0. The van der Waals surface area contributed by atoms with Crippen LogP contribution in [-0.4, -0.2) is 47.0 Å². The fourth-order valence-electron chi connectivity index (χ4n) is 1.55. The van der Waals surface area contributed by atoms with Gasteiger partial charge in [0.15, 0.2) is 9.84 Å². The molecule has 0 aliphatic carbocycles. The fourth-order valence-corrected chi connectivity index (χ4v) is 3.27. The van der Waals surface area contributed by atoms with Gasteiger partial charge in [0.05, 0.1) is 16.4 Å². The molecule has 0 aromatic heterocycles. The number of carbonyl (C=O) groups excluding carboxylic acids is 1. The second kappa shape index (κ2) is 7.04. The predicted octanol–water partition coefficient (Wildman–Crippen LogP) is 0.320. The van der Waals surface area contributed by atoms with Crippen LogP contribution in [0.25, 0.3) is 0 Å². The number of aryl methyl sites for hydroxylation is 1. The second-order valence-electron chi connectivity index (χ2n) is 4.86. The van der Waals surface area contributed by atoms with Crippen LogP contribution in [0.3, 0.4) is 0 Å². The van der Waals surface area contributed by atoms with Crippen LogP contribution in [0.5, 0.6) is 0 Å². The molecule has 118 valence electrons. The highest BCUT2D eigenvalue weighted by molar-refractivity contribution is 7.91. The highest BCUT2D eigenvalue weighted by Crippen LogP contribution is 2.12. The Hall–Kier alpha value is -1.41. The Morgan fingerprint density at radius 2 is 1.62 bits per heavy atom. The quantitative estimate of drug-likeness (QED) is 0.775. The summed E-state index contributed by atoms with van der Waals surface area (Å²) in [5.74, 6) is -0.946. The maximum Gasteiger partial charge on any atom is 0.221 e. The Balaban J connectivity index is 2.50. The third-order valence-corrected chi connectivity index (χ3v) is 5.45. The lowest BCUT2D eigenvalue weighted by molar-refractivity contribution is -0.120. The minimum atomic E-state index is -3.50. The molecule has 0 atom stereocenters. The summed E-state index contributed by atoms with van der Waals surface area (Å²) in [4.78, 5) is 11.7. The highest BCUT2D eigenvalue weighted by atomic mass is 32.2. The first kappa shape index (κ1) is 17.6. The molecule has 1 N–H and O–H groups in total. The van der Waals surface area contributed by atoms with Gasteiger partial charge in [-0.25, -0.2) is 16.8 Å². The first-order chi connectivity index (χ1) is 9.60. The van der Waals surface area contributed by atoms with Crippen molar-refractivity contribution in [2.45, 2.75) is 18.2 Å². The van der Waals surface area contributed by atoms with Crippen LogP contribution in [-0.2, 0) is 24.5 Å². The summed E-state index contributed by atoms with van der Waals surface area (Å²) in [6, 6.07) is 6.40. The molecule has 1 aromatic carbocycles. The van der Waals surface area contributed by atoms with Crippen molar-refractivity contribution in [1.29, 1.82) is 0 Å². The summed E-state index contributed by atoms with van der Waals surface area (Å²) in [6.07, 6.45) is 0.876. The van der Waals surface area contributed by atoms with E-state index in [4.69, 9.17) is 0 Å². The molecule has 0 heterocycles. The van der Waals surface area contributed by atoms with Crippen LogP contribution in [0.15, 0.2) is 29.2 Å². The third-order valence-electron chi connectivity index (χ3n) is 2.77. The van der Waals surface area contributed by atoms with Gasteiger partial charge in [0.25, 0.3) is 0 Å². The van der Waals surface area contributed by atoms with Gasteiger partial charge in [-0.1, -0.05) is 17.7 Å². The van der Waals surface area contributed by atoms with Crippen LogP contribution in [0.4, 0.5) is 0 Å². The van der Waals surface area contributed by atoms with E-state index in [2.05, 4.69) is 5.32 Å². The van der Waals surface area contributed by atoms with E-state index in [1.165, 1.54) is 12.1 Å². The van der Waals surface area contributed by atoms with Gasteiger partial charge < -0.3 is 5.32 Å². The minimum Gasteiger partial charge on any atom is -0.355 e. The van der Waals surface area contributed by atoms with E-state index < -0.39 is 25.6 Å². The van der Waals surface area contributed by atoms with E-state index >= 15 is 0 Å². The SMILES string of the molecule is Cc1ccc(S(=O)(=O)CCC(=O)NCCS(C)(=O)=O)cc1. The number of carbonyl (C=O) groups is 1. The number of rotatable bonds is 7. The Morgan fingerprint density at radius 1 is 1.05 bits per heavy atom. The molecule has 0 aliphatic rings.